The number of aliphatic hydroxyl groups is 1. The van der Waals surface area contributed by atoms with Crippen molar-refractivity contribution in [3.63, 3.8) is 0 Å². The van der Waals surface area contributed by atoms with Gasteiger partial charge in [0.2, 0.25) is 0 Å². The van der Waals surface area contributed by atoms with Crippen LogP contribution < -0.4 is 18.1 Å². The number of carbonyl (C=O) groups is 2. The molecule has 1 aliphatic carbocycles. The van der Waals surface area contributed by atoms with E-state index in [0.29, 0.717) is 24.0 Å². The number of aliphatic hydroxyl groups excluding tert-OH is 1. The average molecular weight is 409 g/mol. The third-order valence-electron chi connectivity index (χ3n) is 4.95. The van der Waals surface area contributed by atoms with E-state index < -0.39 is 30.2 Å². The molecule has 152 valence electrons. The largest absolute Gasteiger partial charge is 1.00 e. The van der Waals surface area contributed by atoms with Crippen molar-refractivity contribution in [3.05, 3.63) is 59.4 Å². The summed E-state index contributed by atoms with van der Waals surface area (Å²) in [4.78, 5) is 24.4. The van der Waals surface area contributed by atoms with Gasteiger partial charge in [0.25, 0.3) is 6.29 Å². The Kier molecular flexibility index (Phi) is 7.62. The van der Waals surface area contributed by atoms with E-state index in [-0.39, 0.29) is 24.9 Å². The molecule has 0 saturated carbocycles. The van der Waals surface area contributed by atoms with Crippen molar-refractivity contribution in [1.29, 1.82) is 0 Å². The summed E-state index contributed by atoms with van der Waals surface area (Å²) in [6, 6.07) is 8.56. The summed E-state index contributed by atoms with van der Waals surface area (Å²) < 4.78 is 15.8. The second-order valence-corrected chi connectivity index (χ2v) is 6.61. The molecule has 28 heavy (non-hydrogen) atoms. The molecule has 0 radical (unpaired) electrons. The van der Waals surface area contributed by atoms with E-state index in [1.807, 2.05) is 36.4 Å². The van der Waals surface area contributed by atoms with Crippen molar-refractivity contribution >= 4 is 11.9 Å². The van der Waals surface area contributed by atoms with Crippen molar-refractivity contribution in [1.82, 2.24) is 0 Å². The van der Waals surface area contributed by atoms with Crippen LogP contribution in [-0.2, 0) is 30.2 Å². The molecule has 8 heteroatoms. The zero-order valence-corrected chi connectivity index (χ0v) is 16.2. The molecule has 7 nitrogen and oxygen atoms in total. The van der Waals surface area contributed by atoms with E-state index >= 15 is 0 Å². The first-order valence-corrected chi connectivity index (χ1v) is 8.78. The number of ether oxygens (including phenoxy) is 3. The molecule has 3 N–H and O–H groups in total. The molecule has 0 aromatic heterocycles. The van der Waals surface area contributed by atoms with Crippen LogP contribution in [0.2, 0.25) is 0 Å². The highest BCUT2D eigenvalue weighted by molar-refractivity contribution is 5.89. The second-order valence-electron chi connectivity index (χ2n) is 6.61. The predicted molar refractivity (Wildman–Crippen MR) is 96.0 cm³/mol. The molecular weight excluding hydrogens is 386 g/mol. The Bertz CT molecular complexity index is 763. The number of methoxy groups -OCH3 is 1. The lowest BCUT2D eigenvalue weighted by Gasteiger charge is -2.34. The van der Waals surface area contributed by atoms with Gasteiger partial charge >= 0.3 is 11.9 Å². The van der Waals surface area contributed by atoms with Crippen LogP contribution in [0.1, 0.15) is 12.0 Å². The minimum absolute atomic E-state index is 0. The van der Waals surface area contributed by atoms with E-state index in [2.05, 4.69) is 0 Å². The Balaban J connectivity index is 0.00000280. The molecule has 0 fully saturated rings. The zero-order chi connectivity index (χ0) is 19.4. The van der Waals surface area contributed by atoms with Gasteiger partial charge in [-0.05, 0) is 24.0 Å². The fraction of sp³-hybridized carbons (Fsp3) is 0.400. The second kappa shape index (κ2) is 9.73. The third kappa shape index (κ3) is 4.55. The summed E-state index contributed by atoms with van der Waals surface area (Å²) >= 11 is 0. The molecule has 0 saturated heterocycles. The number of hydrogen-bond donors (Lipinski definition) is 2. The average Bonchev–Trinajstić information content (AvgIpc) is 3.13. The van der Waals surface area contributed by atoms with Crippen LogP contribution in [0.4, 0.5) is 0 Å². The van der Waals surface area contributed by atoms with E-state index in [4.69, 9.17) is 19.9 Å². The van der Waals surface area contributed by atoms with Crippen molar-refractivity contribution in [2.45, 2.75) is 25.2 Å². The van der Waals surface area contributed by atoms with Gasteiger partial charge in [-0.3, -0.25) is 4.79 Å². The van der Waals surface area contributed by atoms with Gasteiger partial charge in [0.05, 0.1) is 31.5 Å². The smallest absolute Gasteiger partial charge is 0.337 e. The number of fused-ring (bicyclic) bond motifs is 1. The summed E-state index contributed by atoms with van der Waals surface area (Å²) in [7, 11) is 1.29. The highest BCUT2D eigenvalue weighted by atomic mass is 35.5. The highest BCUT2D eigenvalue weighted by Crippen LogP contribution is 2.43. The van der Waals surface area contributed by atoms with Crippen LogP contribution >= 0.6 is 0 Å². The Hall–Kier alpha value is -2.35. The van der Waals surface area contributed by atoms with Gasteiger partial charge in [0, 0.05) is 5.92 Å². The van der Waals surface area contributed by atoms with Crippen molar-refractivity contribution in [2.24, 2.45) is 17.6 Å². The minimum atomic E-state index is -0.946. The number of esters is 2. The van der Waals surface area contributed by atoms with Gasteiger partial charge in [-0.15, -0.1) is 0 Å². The lowest BCUT2D eigenvalue weighted by atomic mass is 9.83. The number of carbonyl (C=O) groups excluding carboxylic acids is 2. The van der Waals surface area contributed by atoms with Crippen LogP contribution in [-0.4, -0.2) is 43.1 Å². The van der Waals surface area contributed by atoms with E-state index in [9.17, 15) is 14.7 Å². The van der Waals surface area contributed by atoms with Gasteiger partial charge in [0.15, 0.2) is 0 Å². The molecule has 1 aliphatic heterocycles. The van der Waals surface area contributed by atoms with Crippen LogP contribution in [0.15, 0.2) is 53.8 Å². The maximum absolute atomic E-state index is 12.4. The van der Waals surface area contributed by atoms with Gasteiger partial charge in [-0.1, -0.05) is 36.4 Å². The quantitative estimate of drug-likeness (QED) is 0.417. The molecule has 0 amide bonds. The fourth-order valence-electron chi connectivity index (χ4n) is 3.56. The first-order valence-electron chi connectivity index (χ1n) is 8.78. The summed E-state index contributed by atoms with van der Waals surface area (Å²) in [5.74, 6) is -1.80. The molecule has 1 aromatic carbocycles. The Morgan fingerprint density at radius 1 is 1.32 bits per heavy atom. The maximum atomic E-state index is 12.4. The standard InChI is InChI=1S/C20H23NO6.ClH/c1-25-18(23)15-11-26-20(17-13(10-22)7-8-14(15)17)27-19(24)16(21)9-12-5-3-2-4-6-12;/h2-7,11,14,16-17,20,22H,8-10,21H2,1H3;1H/p-1/t14-,16+,17-,20+;/m1./s1. The maximum Gasteiger partial charge on any atom is 0.337 e. The normalized spacial score (nSPS) is 23.9. The minimum Gasteiger partial charge on any atom is -1.00 e. The first kappa shape index (κ1) is 21.9. The Morgan fingerprint density at radius 2 is 2.04 bits per heavy atom. The predicted octanol–water partition coefficient (Wildman–Crippen LogP) is -1.93. The number of allylic oxidation sites excluding steroid dienone is 1. The molecule has 3 rings (SSSR count). The molecule has 4 atom stereocenters. The molecular formula is C20H23ClNO6-. The van der Waals surface area contributed by atoms with E-state index in [1.165, 1.54) is 13.4 Å². The van der Waals surface area contributed by atoms with Gasteiger partial charge in [0.1, 0.15) is 6.04 Å². The number of hydrogen-bond acceptors (Lipinski definition) is 7. The topological polar surface area (TPSA) is 108 Å². The summed E-state index contributed by atoms with van der Waals surface area (Å²) in [5, 5.41) is 9.62. The fourth-order valence-corrected chi connectivity index (χ4v) is 3.56. The third-order valence-corrected chi connectivity index (χ3v) is 4.95. The van der Waals surface area contributed by atoms with Gasteiger partial charge in [-0.25, -0.2) is 4.79 Å². The summed E-state index contributed by atoms with van der Waals surface area (Å²) in [5.41, 5.74) is 7.94. The number of rotatable bonds is 6. The van der Waals surface area contributed by atoms with Gasteiger partial charge < -0.3 is 37.5 Å². The lowest BCUT2D eigenvalue weighted by molar-refractivity contribution is -0.184. The molecule has 0 unspecified atom stereocenters. The van der Waals surface area contributed by atoms with E-state index in [0.717, 1.165) is 5.56 Å². The Labute approximate surface area is 169 Å². The first-order chi connectivity index (χ1) is 13.0. The molecule has 2 aliphatic rings. The van der Waals surface area contributed by atoms with Crippen LogP contribution in [0.25, 0.3) is 0 Å². The number of halogens is 1. The molecule has 0 spiro atoms. The SMILES string of the molecule is COC(=O)C1=CO[C@@H](OC(=O)[C@@H](N)Cc2ccccc2)[C@@H]2C(CO)=CC[C@H]12.[Cl-]. The lowest BCUT2D eigenvalue weighted by Crippen LogP contribution is -3.00. The van der Waals surface area contributed by atoms with Gasteiger partial charge in [-0.2, -0.15) is 0 Å². The monoisotopic (exact) mass is 408 g/mol. The van der Waals surface area contributed by atoms with Crippen LogP contribution in [0.3, 0.4) is 0 Å². The van der Waals surface area contributed by atoms with Crippen molar-refractivity contribution in [2.75, 3.05) is 13.7 Å². The molecule has 1 heterocycles. The molecule has 1 aromatic rings. The number of nitrogens with two attached hydrogens (primary N) is 1. The van der Waals surface area contributed by atoms with Crippen molar-refractivity contribution in [3.8, 4) is 0 Å². The summed E-state index contributed by atoms with van der Waals surface area (Å²) in [6.07, 6.45) is 3.05. The highest BCUT2D eigenvalue weighted by Gasteiger charge is 2.46. The van der Waals surface area contributed by atoms with Crippen LogP contribution in [0.5, 0.6) is 0 Å². The summed E-state index contributed by atoms with van der Waals surface area (Å²) in [6.45, 7) is -0.205. The van der Waals surface area contributed by atoms with Crippen LogP contribution in [0, 0.1) is 11.8 Å². The van der Waals surface area contributed by atoms with Crippen molar-refractivity contribution < 1.29 is 41.3 Å². The number of benzene rings is 1. The molecule has 0 bridgehead atoms. The van der Waals surface area contributed by atoms with E-state index in [1.54, 1.807) is 0 Å². The zero-order valence-electron chi connectivity index (χ0n) is 15.4. The Morgan fingerprint density at radius 3 is 2.68 bits per heavy atom.